The van der Waals surface area contributed by atoms with Gasteiger partial charge in [-0.2, -0.15) is 0 Å². The van der Waals surface area contributed by atoms with Crippen LogP contribution in [0.25, 0.3) is 33.4 Å². The van der Waals surface area contributed by atoms with E-state index in [9.17, 15) is 8.60 Å². The molecule has 1 unspecified atom stereocenters. The molecule has 0 bridgehead atoms. The quantitative estimate of drug-likeness (QED) is 0.416. The van der Waals surface area contributed by atoms with E-state index in [1.54, 1.807) is 36.0 Å². The summed E-state index contributed by atoms with van der Waals surface area (Å²) in [6.07, 6.45) is 4.97. The summed E-state index contributed by atoms with van der Waals surface area (Å²) in [5.41, 5.74) is 4.99. The average molecular weight is 451 g/mol. The van der Waals surface area contributed by atoms with Crippen molar-refractivity contribution in [2.75, 3.05) is 20.2 Å². The highest BCUT2D eigenvalue weighted by molar-refractivity contribution is 7.85. The van der Waals surface area contributed by atoms with Crippen molar-refractivity contribution < 1.29 is 13.3 Å². The second-order valence-corrected chi connectivity index (χ2v) is 8.78. The van der Waals surface area contributed by atoms with E-state index >= 15 is 0 Å². The Morgan fingerprint density at radius 2 is 2.09 bits per heavy atom. The molecule has 0 saturated carbocycles. The van der Waals surface area contributed by atoms with Crippen molar-refractivity contribution in [3.8, 4) is 28.1 Å². The maximum Gasteiger partial charge on any atom is 0.146 e. The number of hydrogen-bond donors (Lipinski definition) is 1. The second-order valence-electron chi connectivity index (χ2n) is 7.27. The third kappa shape index (κ3) is 4.32. The molecular weight excluding hydrogens is 427 g/mol. The molecule has 0 saturated heterocycles. The van der Waals surface area contributed by atoms with Crippen LogP contribution in [0.1, 0.15) is 5.56 Å². The van der Waals surface area contributed by atoms with Gasteiger partial charge in [0.25, 0.3) is 0 Å². The molecule has 4 rings (SSSR count). The highest BCUT2D eigenvalue weighted by Gasteiger charge is 2.21. The van der Waals surface area contributed by atoms with E-state index in [4.69, 9.17) is 4.74 Å². The van der Waals surface area contributed by atoms with Crippen LogP contribution in [-0.2, 0) is 11.0 Å². The van der Waals surface area contributed by atoms with E-state index in [0.717, 1.165) is 16.6 Å². The summed E-state index contributed by atoms with van der Waals surface area (Å²) in [5, 5.41) is 1.37. The number of ether oxygens (including phenoxy) is 1. The summed E-state index contributed by atoms with van der Waals surface area (Å²) < 4.78 is 34.4. The Hall–Kier alpha value is -3.36. The van der Waals surface area contributed by atoms with Crippen molar-refractivity contribution in [2.24, 2.45) is 0 Å². The van der Waals surface area contributed by atoms with Crippen molar-refractivity contribution in [1.82, 2.24) is 19.3 Å². The average Bonchev–Trinajstić information content (AvgIpc) is 3.19. The van der Waals surface area contributed by atoms with Gasteiger partial charge >= 0.3 is 0 Å². The van der Waals surface area contributed by atoms with Crippen LogP contribution in [0.2, 0.25) is 0 Å². The molecule has 3 heterocycles. The van der Waals surface area contributed by atoms with Crippen LogP contribution in [0.5, 0.6) is 5.75 Å². The molecule has 4 aromatic rings. The smallest absolute Gasteiger partial charge is 0.146 e. The van der Waals surface area contributed by atoms with Gasteiger partial charge in [0, 0.05) is 48.1 Å². The van der Waals surface area contributed by atoms with Gasteiger partial charge in [0.05, 0.1) is 22.9 Å². The lowest BCUT2D eigenvalue weighted by Crippen LogP contribution is -2.25. The molecule has 6 nitrogen and oxygen atoms in total. The van der Waals surface area contributed by atoms with Crippen molar-refractivity contribution in [3.63, 3.8) is 0 Å². The minimum atomic E-state index is -1.27. The third-order valence-electron chi connectivity index (χ3n) is 5.11. The highest BCUT2D eigenvalue weighted by Crippen LogP contribution is 2.41. The minimum Gasteiger partial charge on any atom is -0.490 e. The largest absolute Gasteiger partial charge is 0.490 e. The standard InChI is InChI=1S/C24H23FN4O2S/c1-4-32(30)29(3)12-13-31-21-15-26-11-9-17(21)23-22(18-14-16(2)7-8-19(18)25)24-20(28-23)6-5-10-27-24/h4-11,14-15,28H,1,12-13H2,2-3H3. The molecule has 0 aliphatic carbocycles. The maximum absolute atomic E-state index is 14.9. The first kappa shape index (κ1) is 21.9. The Labute approximate surface area is 188 Å². The van der Waals surface area contributed by atoms with Gasteiger partial charge in [0.15, 0.2) is 0 Å². The van der Waals surface area contributed by atoms with Crippen LogP contribution in [-0.4, -0.2) is 43.7 Å². The lowest BCUT2D eigenvalue weighted by Gasteiger charge is -2.16. The number of nitrogens with one attached hydrogen (secondary N) is 1. The summed E-state index contributed by atoms with van der Waals surface area (Å²) in [5.74, 6) is 0.208. The second kappa shape index (κ2) is 9.42. The van der Waals surface area contributed by atoms with E-state index in [1.165, 1.54) is 11.5 Å². The number of H-pyrrole nitrogens is 1. The van der Waals surface area contributed by atoms with Crippen molar-refractivity contribution in [3.05, 3.63) is 78.4 Å². The molecule has 1 aromatic carbocycles. The van der Waals surface area contributed by atoms with Gasteiger partial charge < -0.3 is 9.72 Å². The minimum absolute atomic E-state index is 0.293. The van der Waals surface area contributed by atoms with E-state index in [0.29, 0.717) is 41.2 Å². The van der Waals surface area contributed by atoms with E-state index in [1.807, 2.05) is 31.2 Å². The molecule has 0 amide bonds. The fourth-order valence-corrected chi connectivity index (χ4v) is 4.03. The summed E-state index contributed by atoms with van der Waals surface area (Å²) in [7, 11) is 0.460. The fourth-order valence-electron chi connectivity index (χ4n) is 3.52. The predicted octanol–water partition coefficient (Wildman–Crippen LogP) is 4.86. The number of fused-ring (bicyclic) bond motifs is 1. The summed E-state index contributed by atoms with van der Waals surface area (Å²) in [6.45, 7) is 6.19. The third-order valence-corrected chi connectivity index (χ3v) is 6.19. The van der Waals surface area contributed by atoms with Gasteiger partial charge in [-0.15, -0.1) is 0 Å². The number of aryl methyl sites for hydroxylation is 1. The first-order valence-corrected chi connectivity index (χ1v) is 11.2. The highest BCUT2D eigenvalue weighted by atomic mass is 32.2. The van der Waals surface area contributed by atoms with Gasteiger partial charge in [-0.1, -0.05) is 18.2 Å². The number of rotatable bonds is 8. The lowest BCUT2D eigenvalue weighted by atomic mass is 9.98. The SMILES string of the molecule is C=CS(=O)N(C)CCOc1cnccc1-c1[nH]c2cccnc2c1-c1cc(C)ccc1F. The predicted molar refractivity (Wildman–Crippen MR) is 126 cm³/mol. The molecule has 3 aromatic heterocycles. The lowest BCUT2D eigenvalue weighted by molar-refractivity contribution is 0.291. The maximum atomic E-state index is 14.9. The molecule has 0 radical (unpaired) electrons. The molecule has 8 heteroatoms. The number of hydrogen-bond acceptors (Lipinski definition) is 4. The van der Waals surface area contributed by atoms with E-state index < -0.39 is 11.0 Å². The Morgan fingerprint density at radius 3 is 2.91 bits per heavy atom. The number of pyridine rings is 2. The molecular formula is C24H23FN4O2S. The molecule has 0 aliphatic heterocycles. The molecule has 1 N–H and O–H groups in total. The zero-order valence-electron chi connectivity index (χ0n) is 17.8. The molecule has 0 aliphatic rings. The molecule has 32 heavy (non-hydrogen) atoms. The number of nitrogens with zero attached hydrogens (tertiary/aromatic N) is 3. The van der Waals surface area contributed by atoms with Crippen molar-refractivity contribution in [1.29, 1.82) is 0 Å². The number of likely N-dealkylation sites (N-methyl/N-ethyl adjacent to an activating group) is 1. The fraction of sp³-hybridized carbons (Fsp3) is 0.167. The normalized spacial score (nSPS) is 12.2. The van der Waals surface area contributed by atoms with Crippen LogP contribution in [0.15, 0.2) is 67.0 Å². The molecule has 0 fully saturated rings. The van der Waals surface area contributed by atoms with E-state index in [2.05, 4.69) is 21.5 Å². The number of aromatic amines is 1. The molecule has 0 spiro atoms. The number of halogens is 1. The van der Waals surface area contributed by atoms with Crippen LogP contribution in [0.4, 0.5) is 4.39 Å². The number of benzene rings is 1. The van der Waals surface area contributed by atoms with Gasteiger partial charge in [-0.3, -0.25) is 9.97 Å². The Bertz CT molecular complexity index is 1300. The van der Waals surface area contributed by atoms with Gasteiger partial charge in [-0.05, 0) is 37.3 Å². The first-order chi connectivity index (χ1) is 15.5. The topological polar surface area (TPSA) is 71.1 Å². The molecule has 164 valence electrons. The zero-order chi connectivity index (χ0) is 22.7. The Kier molecular flexibility index (Phi) is 6.43. The zero-order valence-corrected chi connectivity index (χ0v) is 18.7. The first-order valence-electron chi connectivity index (χ1n) is 10.0. The Balaban J connectivity index is 1.79. The van der Waals surface area contributed by atoms with Gasteiger partial charge in [-0.25, -0.2) is 12.9 Å². The van der Waals surface area contributed by atoms with Crippen LogP contribution < -0.4 is 4.74 Å². The summed E-state index contributed by atoms with van der Waals surface area (Å²) in [4.78, 5) is 12.1. The summed E-state index contributed by atoms with van der Waals surface area (Å²) >= 11 is 0. The van der Waals surface area contributed by atoms with Crippen LogP contribution in [0.3, 0.4) is 0 Å². The van der Waals surface area contributed by atoms with Crippen LogP contribution in [0, 0.1) is 12.7 Å². The van der Waals surface area contributed by atoms with Gasteiger partial charge in [0.2, 0.25) is 0 Å². The van der Waals surface area contributed by atoms with Crippen molar-refractivity contribution >= 4 is 22.0 Å². The van der Waals surface area contributed by atoms with Crippen LogP contribution >= 0.6 is 0 Å². The monoisotopic (exact) mass is 450 g/mol. The van der Waals surface area contributed by atoms with E-state index in [-0.39, 0.29) is 5.82 Å². The Morgan fingerprint density at radius 1 is 1.25 bits per heavy atom. The molecule has 1 atom stereocenters. The van der Waals surface area contributed by atoms with Crippen molar-refractivity contribution in [2.45, 2.75) is 6.92 Å². The summed E-state index contributed by atoms with van der Waals surface area (Å²) in [6, 6.07) is 10.6. The number of aromatic nitrogens is 3. The van der Waals surface area contributed by atoms with Gasteiger partial charge in [0.1, 0.15) is 29.2 Å².